The fourth-order valence-electron chi connectivity index (χ4n) is 3.03. The number of aryl methyl sites for hydroxylation is 1. The summed E-state index contributed by atoms with van der Waals surface area (Å²) < 4.78 is 1.12. The molecule has 1 fully saturated rings. The average molecular weight is 354 g/mol. The van der Waals surface area contributed by atoms with Gasteiger partial charge in [0.15, 0.2) is 0 Å². The van der Waals surface area contributed by atoms with Crippen molar-refractivity contribution in [2.75, 3.05) is 0 Å². The number of carboxylic acid groups (broad SMARTS) is 1. The number of halogens is 1. The normalized spacial score (nSPS) is 23.7. The molecule has 2 N–H and O–H groups in total. The second kappa shape index (κ2) is 7.95. The third kappa shape index (κ3) is 5.44. The Labute approximate surface area is 135 Å². The summed E-state index contributed by atoms with van der Waals surface area (Å²) in [5.41, 5.74) is 1.36. The minimum atomic E-state index is -0.628. The Hall–Kier alpha value is -0.870. The van der Waals surface area contributed by atoms with E-state index < -0.39 is 5.97 Å². The molecular weight excluding hydrogens is 330 g/mol. The zero-order chi connectivity index (χ0) is 15.2. The predicted molar refractivity (Wildman–Crippen MR) is 88.4 cm³/mol. The molecule has 0 spiro atoms. The highest BCUT2D eigenvalue weighted by molar-refractivity contribution is 9.10. The second-order valence-electron chi connectivity index (χ2n) is 6.12. The molecule has 1 atom stereocenters. The molecule has 2 rings (SSSR count). The molecule has 1 unspecified atom stereocenters. The van der Waals surface area contributed by atoms with Crippen molar-refractivity contribution in [3.05, 3.63) is 34.3 Å². The van der Waals surface area contributed by atoms with Crippen LogP contribution in [-0.2, 0) is 11.2 Å². The first kappa shape index (κ1) is 16.5. The third-order valence-corrected chi connectivity index (χ3v) is 4.90. The summed E-state index contributed by atoms with van der Waals surface area (Å²) in [6, 6.07) is 9.45. The van der Waals surface area contributed by atoms with Gasteiger partial charge in [-0.05, 0) is 63.1 Å². The fraction of sp³-hybridized carbons (Fsp3) is 0.588. The minimum Gasteiger partial charge on any atom is -0.481 e. The van der Waals surface area contributed by atoms with Crippen molar-refractivity contribution < 1.29 is 9.90 Å². The molecule has 1 aromatic carbocycles. The van der Waals surface area contributed by atoms with Crippen LogP contribution in [0.4, 0.5) is 0 Å². The Kier molecular flexibility index (Phi) is 6.24. The maximum absolute atomic E-state index is 10.9. The van der Waals surface area contributed by atoms with Crippen LogP contribution < -0.4 is 5.32 Å². The van der Waals surface area contributed by atoms with E-state index in [0.717, 1.165) is 43.0 Å². The van der Waals surface area contributed by atoms with Gasteiger partial charge in [-0.25, -0.2) is 0 Å². The zero-order valence-electron chi connectivity index (χ0n) is 12.5. The lowest BCUT2D eigenvalue weighted by Crippen LogP contribution is -2.40. The van der Waals surface area contributed by atoms with Gasteiger partial charge in [0.1, 0.15) is 0 Å². The lowest BCUT2D eigenvalue weighted by atomic mass is 9.85. The van der Waals surface area contributed by atoms with Gasteiger partial charge >= 0.3 is 5.97 Å². The van der Waals surface area contributed by atoms with Crippen LogP contribution in [0.3, 0.4) is 0 Å². The third-order valence-electron chi connectivity index (χ3n) is 4.38. The van der Waals surface area contributed by atoms with Crippen molar-refractivity contribution in [1.29, 1.82) is 0 Å². The number of carboxylic acids is 1. The topological polar surface area (TPSA) is 49.3 Å². The molecule has 21 heavy (non-hydrogen) atoms. The van der Waals surface area contributed by atoms with E-state index in [9.17, 15) is 4.79 Å². The maximum atomic E-state index is 10.9. The van der Waals surface area contributed by atoms with E-state index in [-0.39, 0.29) is 5.92 Å². The SMILES string of the molecule is CC(CCc1ccc(Br)cc1)NC1CCC(C(=O)O)CC1. The molecule has 1 aliphatic rings. The van der Waals surface area contributed by atoms with E-state index in [0.29, 0.717) is 12.1 Å². The number of aliphatic carboxylic acids is 1. The molecule has 0 bridgehead atoms. The molecule has 3 nitrogen and oxygen atoms in total. The lowest BCUT2D eigenvalue weighted by molar-refractivity contribution is -0.142. The van der Waals surface area contributed by atoms with Gasteiger partial charge in [0.25, 0.3) is 0 Å². The van der Waals surface area contributed by atoms with Gasteiger partial charge in [-0.3, -0.25) is 4.79 Å². The Morgan fingerprint density at radius 2 is 1.90 bits per heavy atom. The number of rotatable bonds is 6. The van der Waals surface area contributed by atoms with Gasteiger partial charge < -0.3 is 10.4 Å². The molecule has 4 heteroatoms. The molecule has 1 aromatic rings. The number of hydrogen-bond acceptors (Lipinski definition) is 2. The van der Waals surface area contributed by atoms with Crippen LogP contribution in [0.25, 0.3) is 0 Å². The van der Waals surface area contributed by atoms with Crippen molar-refractivity contribution in [3.8, 4) is 0 Å². The van der Waals surface area contributed by atoms with Gasteiger partial charge in [-0.15, -0.1) is 0 Å². The van der Waals surface area contributed by atoms with Crippen LogP contribution in [0.15, 0.2) is 28.7 Å². The van der Waals surface area contributed by atoms with Crippen molar-refractivity contribution in [3.63, 3.8) is 0 Å². The Morgan fingerprint density at radius 1 is 1.29 bits per heavy atom. The predicted octanol–water partition coefficient (Wildman–Crippen LogP) is 4.00. The highest BCUT2D eigenvalue weighted by Crippen LogP contribution is 2.25. The number of nitrogens with one attached hydrogen (secondary N) is 1. The van der Waals surface area contributed by atoms with Gasteiger partial charge in [0.05, 0.1) is 5.92 Å². The van der Waals surface area contributed by atoms with E-state index >= 15 is 0 Å². The van der Waals surface area contributed by atoms with Crippen LogP contribution in [0.2, 0.25) is 0 Å². The molecule has 0 aliphatic heterocycles. The summed E-state index contributed by atoms with van der Waals surface area (Å²) in [4.78, 5) is 10.9. The molecule has 0 aromatic heterocycles. The van der Waals surface area contributed by atoms with Crippen molar-refractivity contribution in [1.82, 2.24) is 5.32 Å². The number of hydrogen-bond donors (Lipinski definition) is 2. The van der Waals surface area contributed by atoms with Crippen molar-refractivity contribution in [2.24, 2.45) is 5.92 Å². The van der Waals surface area contributed by atoms with Gasteiger partial charge in [-0.1, -0.05) is 28.1 Å². The Balaban J connectivity index is 1.69. The van der Waals surface area contributed by atoms with Crippen molar-refractivity contribution >= 4 is 21.9 Å². The zero-order valence-corrected chi connectivity index (χ0v) is 14.1. The quantitative estimate of drug-likeness (QED) is 0.812. The molecule has 1 saturated carbocycles. The lowest BCUT2D eigenvalue weighted by Gasteiger charge is -2.29. The summed E-state index contributed by atoms with van der Waals surface area (Å²) in [5, 5.41) is 12.7. The molecule has 1 aliphatic carbocycles. The van der Waals surface area contributed by atoms with E-state index in [1.165, 1.54) is 5.56 Å². The van der Waals surface area contributed by atoms with Gasteiger partial charge in [0.2, 0.25) is 0 Å². The Bertz CT molecular complexity index is 452. The molecule has 0 saturated heterocycles. The molecule has 116 valence electrons. The van der Waals surface area contributed by atoms with Gasteiger partial charge in [-0.2, -0.15) is 0 Å². The van der Waals surface area contributed by atoms with Crippen LogP contribution in [0.5, 0.6) is 0 Å². The largest absolute Gasteiger partial charge is 0.481 e. The second-order valence-corrected chi connectivity index (χ2v) is 7.04. The van der Waals surface area contributed by atoms with Crippen LogP contribution in [0, 0.1) is 5.92 Å². The highest BCUT2D eigenvalue weighted by atomic mass is 79.9. The molecule has 0 heterocycles. The monoisotopic (exact) mass is 353 g/mol. The van der Waals surface area contributed by atoms with Crippen molar-refractivity contribution in [2.45, 2.75) is 57.5 Å². The molecule has 0 radical (unpaired) electrons. The van der Waals surface area contributed by atoms with Crippen LogP contribution >= 0.6 is 15.9 Å². The highest BCUT2D eigenvalue weighted by Gasteiger charge is 2.26. The molecular formula is C17H24BrNO2. The summed E-state index contributed by atoms with van der Waals surface area (Å²) in [6.07, 6.45) is 5.78. The smallest absolute Gasteiger partial charge is 0.306 e. The van der Waals surface area contributed by atoms with E-state index in [1.807, 2.05) is 0 Å². The van der Waals surface area contributed by atoms with E-state index in [2.05, 4.69) is 52.4 Å². The minimum absolute atomic E-state index is 0.124. The van der Waals surface area contributed by atoms with Crippen LogP contribution in [-0.4, -0.2) is 23.2 Å². The summed E-state index contributed by atoms with van der Waals surface area (Å²) in [5.74, 6) is -0.752. The first-order chi connectivity index (χ1) is 10.0. The summed E-state index contributed by atoms with van der Waals surface area (Å²) in [6.45, 7) is 2.22. The summed E-state index contributed by atoms with van der Waals surface area (Å²) in [7, 11) is 0. The van der Waals surface area contributed by atoms with E-state index in [1.54, 1.807) is 0 Å². The average Bonchev–Trinajstić information content (AvgIpc) is 2.47. The number of carbonyl (C=O) groups is 1. The number of benzene rings is 1. The fourth-order valence-corrected chi connectivity index (χ4v) is 3.29. The first-order valence-corrected chi connectivity index (χ1v) is 8.57. The summed E-state index contributed by atoms with van der Waals surface area (Å²) >= 11 is 3.45. The maximum Gasteiger partial charge on any atom is 0.306 e. The standard InChI is InChI=1S/C17H24BrNO2/c1-12(2-3-13-4-8-15(18)9-5-13)19-16-10-6-14(7-11-16)17(20)21/h4-5,8-9,12,14,16,19H,2-3,6-7,10-11H2,1H3,(H,20,21). The van der Waals surface area contributed by atoms with Crippen LogP contribution in [0.1, 0.15) is 44.6 Å². The molecule has 0 amide bonds. The van der Waals surface area contributed by atoms with E-state index in [4.69, 9.17) is 5.11 Å². The Morgan fingerprint density at radius 3 is 2.48 bits per heavy atom. The first-order valence-electron chi connectivity index (χ1n) is 7.78. The van der Waals surface area contributed by atoms with Gasteiger partial charge in [0, 0.05) is 16.6 Å².